The molecule has 1 aromatic carbocycles. The number of hydrogen-bond donors (Lipinski definition) is 1. The maximum absolute atomic E-state index is 11.7. The number of aromatic nitrogens is 2. The van der Waals surface area contributed by atoms with Crippen LogP contribution in [0.4, 0.5) is 5.82 Å². The minimum absolute atomic E-state index is 0.0634. The summed E-state index contributed by atoms with van der Waals surface area (Å²) in [5.41, 5.74) is 0.912. The molecule has 0 saturated heterocycles. The number of thioether (sulfide) groups is 1. The molecule has 1 aliphatic carbocycles. The summed E-state index contributed by atoms with van der Waals surface area (Å²) in [5.74, 6) is 1.30. The Balaban J connectivity index is 1.86. The van der Waals surface area contributed by atoms with Gasteiger partial charge in [0.1, 0.15) is 5.82 Å². The van der Waals surface area contributed by atoms with Gasteiger partial charge in [0, 0.05) is 25.5 Å². The maximum atomic E-state index is 11.7. The second-order valence-electron chi connectivity index (χ2n) is 5.37. The zero-order valence-electron chi connectivity index (χ0n) is 12.2. The van der Waals surface area contributed by atoms with E-state index < -0.39 is 0 Å². The minimum atomic E-state index is 0.0634. The quantitative estimate of drug-likeness (QED) is 0.679. The highest BCUT2D eigenvalue weighted by atomic mass is 32.2. The number of rotatable bonds is 5. The van der Waals surface area contributed by atoms with E-state index >= 15 is 0 Å². The Morgan fingerprint density at radius 2 is 2.10 bits per heavy atom. The van der Waals surface area contributed by atoms with Crippen LogP contribution in [0.25, 0.3) is 10.9 Å². The maximum Gasteiger partial charge on any atom is 0.232 e. The van der Waals surface area contributed by atoms with Crippen molar-refractivity contribution in [1.29, 1.82) is 0 Å². The Morgan fingerprint density at radius 3 is 2.81 bits per heavy atom. The fourth-order valence-corrected chi connectivity index (χ4v) is 2.74. The average molecular weight is 302 g/mol. The van der Waals surface area contributed by atoms with Gasteiger partial charge >= 0.3 is 0 Å². The molecule has 0 aliphatic heterocycles. The topological polar surface area (TPSA) is 58.1 Å². The fraction of sp³-hybridized carbons (Fsp3) is 0.400. The number of nitrogens with zero attached hydrogens (tertiary/aromatic N) is 3. The van der Waals surface area contributed by atoms with E-state index in [1.807, 2.05) is 24.3 Å². The summed E-state index contributed by atoms with van der Waals surface area (Å²) in [6.07, 6.45) is 2.39. The van der Waals surface area contributed by atoms with Gasteiger partial charge in [0.2, 0.25) is 5.91 Å². The van der Waals surface area contributed by atoms with Gasteiger partial charge in [-0.25, -0.2) is 9.97 Å². The number of amides is 1. The van der Waals surface area contributed by atoms with E-state index in [4.69, 9.17) is 0 Å². The number of carbonyl (C=O) groups excluding carboxylic acids is 1. The van der Waals surface area contributed by atoms with Crippen LogP contribution in [0, 0.1) is 0 Å². The highest BCUT2D eigenvalue weighted by Crippen LogP contribution is 2.29. The minimum Gasteiger partial charge on any atom is -0.367 e. The van der Waals surface area contributed by atoms with Crippen molar-refractivity contribution in [2.24, 2.45) is 0 Å². The molecule has 1 N–H and O–H groups in total. The van der Waals surface area contributed by atoms with Gasteiger partial charge in [0.05, 0.1) is 11.3 Å². The van der Waals surface area contributed by atoms with Gasteiger partial charge in [0.15, 0.2) is 5.16 Å². The first-order chi connectivity index (χ1) is 10.1. The molecule has 0 unspecified atom stereocenters. The molecule has 3 rings (SSSR count). The molecule has 0 bridgehead atoms. The number of anilines is 1. The number of para-hydroxylation sites is 1. The molecule has 110 valence electrons. The highest BCUT2D eigenvalue weighted by molar-refractivity contribution is 7.99. The number of fused-ring (bicyclic) bond motifs is 1. The lowest BCUT2D eigenvalue weighted by Crippen LogP contribution is -2.23. The standard InChI is InChI=1S/C15H18N4OS/c1-19(2)13(20)9-21-15-17-12-6-4-3-5-11(12)14(18-15)16-10-7-8-10/h3-6,10H,7-9H2,1-2H3,(H,16,17,18). The second-order valence-corrected chi connectivity index (χ2v) is 6.31. The third kappa shape index (κ3) is 3.44. The van der Waals surface area contributed by atoms with E-state index in [1.165, 1.54) is 24.6 Å². The van der Waals surface area contributed by atoms with Crippen molar-refractivity contribution in [3.8, 4) is 0 Å². The Hall–Kier alpha value is -1.82. The van der Waals surface area contributed by atoms with Crippen LogP contribution in [0.1, 0.15) is 12.8 Å². The number of nitrogens with one attached hydrogen (secondary N) is 1. The second kappa shape index (κ2) is 5.89. The lowest BCUT2D eigenvalue weighted by molar-refractivity contribution is -0.125. The molecule has 1 aromatic heterocycles. The van der Waals surface area contributed by atoms with Crippen molar-refractivity contribution in [1.82, 2.24) is 14.9 Å². The van der Waals surface area contributed by atoms with Gasteiger partial charge in [-0.1, -0.05) is 23.9 Å². The molecular formula is C15H18N4OS. The summed E-state index contributed by atoms with van der Waals surface area (Å²) >= 11 is 1.38. The number of hydrogen-bond acceptors (Lipinski definition) is 5. The van der Waals surface area contributed by atoms with E-state index in [0.29, 0.717) is 17.0 Å². The van der Waals surface area contributed by atoms with Crippen LogP contribution in [-0.2, 0) is 4.79 Å². The predicted molar refractivity (Wildman–Crippen MR) is 85.6 cm³/mol. The van der Waals surface area contributed by atoms with Crippen LogP contribution in [-0.4, -0.2) is 46.7 Å². The molecular weight excluding hydrogens is 284 g/mol. The smallest absolute Gasteiger partial charge is 0.232 e. The fourth-order valence-electron chi connectivity index (χ4n) is 1.91. The lowest BCUT2D eigenvalue weighted by atomic mass is 10.2. The van der Waals surface area contributed by atoms with Crippen LogP contribution < -0.4 is 5.32 Å². The largest absolute Gasteiger partial charge is 0.367 e. The molecule has 0 spiro atoms. The monoisotopic (exact) mass is 302 g/mol. The van der Waals surface area contributed by atoms with Gasteiger partial charge in [-0.05, 0) is 25.0 Å². The van der Waals surface area contributed by atoms with Crippen LogP contribution in [0.5, 0.6) is 0 Å². The first-order valence-electron chi connectivity index (χ1n) is 7.00. The van der Waals surface area contributed by atoms with Crippen LogP contribution in [0.3, 0.4) is 0 Å². The summed E-state index contributed by atoms with van der Waals surface area (Å²) < 4.78 is 0. The zero-order chi connectivity index (χ0) is 14.8. The molecule has 6 heteroatoms. The summed E-state index contributed by atoms with van der Waals surface area (Å²) in [4.78, 5) is 22.4. The number of benzene rings is 1. The summed E-state index contributed by atoms with van der Waals surface area (Å²) in [6, 6.07) is 8.50. The van der Waals surface area contributed by atoms with Gasteiger partial charge in [-0.3, -0.25) is 4.79 Å². The summed E-state index contributed by atoms with van der Waals surface area (Å²) in [5, 5.41) is 5.13. The van der Waals surface area contributed by atoms with E-state index in [9.17, 15) is 4.79 Å². The summed E-state index contributed by atoms with van der Waals surface area (Å²) in [6.45, 7) is 0. The van der Waals surface area contributed by atoms with Crippen molar-refractivity contribution in [2.45, 2.75) is 24.0 Å². The Kier molecular flexibility index (Phi) is 3.96. The molecule has 0 radical (unpaired) electrons. The van der Waals surface area contributed by atoms with Gasteiger partial charge in [-0.2, -0.15) is 0 Å². The van der Waals surface area contributed by atoms with E-state index in [0.717, 1.165) is 16.7 Å². The van der Waals surface area contributed by atoms with Crippen molar-refractivity contribution in [3.05, 3.63) is 24.3 Å². The van der Waals surface area contributed by atoms with Crippen LogP contribution in [0.15, 0.2) is 29.4 Å². The van der Waals surface area contributed by atoms with Crippen molar-refractivity contribution in [2.75, 3.05) is 25.2 Å². The lowest BCUT2D eigenvalue weighted by Gasteiger charge is -2.11. The van der Waals surface area contributed by atoms with Crippen molar-refractivity contribution in [3.63, 3.8) is 0 Å². The van der Waals surface area contributed by atoms with Gasteiger partial charge < -0.3 is 10.2 Å². The van der Waals surface area contributed by atoms with E-state index in [1.54, 1.807) is 19.0 Å². The highest BCUT2D eigenvalue weighted by Gasteiger charge is 2.22. The van der Waals surface area contributed by atoms with E-state index in [-0.39, 0.29) is 5.91 Å². The number of carbonyl (C=O) groups is 1. The molecule has 2 aromatic rings. The molecule has 1 fully saturated rings. The first-order valence-corrected chi connectivity index (χ1v) is 7.98. The Bertz CT molecular complexity index is 670. The van der Waals surface area contributed by atoms with E-state index in [2.05, 4.69) is 15.3 Å². The predicted octanol–water partition coefficient (Wildman–Crippen LogP) is 2.38. The SMILES string of the molecule is CN(C)C(=O)CSc1nc(NC2CC2)c2ccccc2n1. The molecule has 1 amide bonds. The molecule has 1 aliphatic rings. The van der Waals surface area contributed by atoms with Gasteiger partial charge in [-0.15, -0.1) is 0 Å². The van der Waals surface area contributed by atoms with Crippen molar-refractivity contribution >= 4 is 34.4 Å². The van der Waals surface area contributed by atoms with Crippen LogP contribution in [0.2, 0.25) is 0 Å². The Labute approximate surface area is 128 Å². The molecule has 1 saturated carbocycles. The molecule has 21 heavy (non-hydrogen) atoms. The first kappa shape index (κ1) is 14.1. The molecule has 1 heterocycles. The zero-order valence-corrected chi connectivity index (χ0v) is 13.0. The molecule has 5 nitrogen and oxygen atoms in total. The molecule has 0 atom stereocenters. The van der Waals surface area contributed by atoms with Crippen molar-refractivity contribution < 1.29 is 4.79 Å². The van der Waals surface area contributed by atoms with Crippen LogP contribution >= 0.6 is 11.8 Å². The normalized spacial score (nSPS) is 14.2. The third-order valence-electron chi connectivity index (χ3n) is 3.32. The average Bonchev–Trinajstić information content (AvgIpc) is 3.28. The third-order valence-corrected chi connectivity index (χ3v) is 4.16. The Morgan fingerprint density at radius 1 is 1.33 bits per heavy atom. The van der Waals surface area contributed by atoms with Gasteiger partial charge in [0.25, 0.3) is 0 Å². The summed E-state index contributed by atoms with van der Waals surface area (Å²) in [7, 11) is 3.51.